The van der Waals surface area contributed by atoms with Gasteiger partial charge >= 0.3 is 0 Å². The minimum atomic E-state index is -0.771. The molecule has 0 aliphatic carbocycles. The van der Waals surface area contributed by atoms with Gasteiger partial charge in [0, 0.05) is 24.1 Å². The molecule has 4 heteroatoms. The SMILES string of the molecule is COc1cc(F)c(C[C@H](C)O)c(F)c1. The van der Waals surface area contributed by atoms with Gasteiger partial charge in [-0.15, -0.1) is 0 Å². The maximum absolute atomic E-state index is 13.2. The number of aliphatic hydroxyl groups is 1. The van der Waals surface area contributed by atoms with Crippen molar-refractivity contribution in [3.05, 3.63) is 29.3 Å². The fourth-order valence-corrected chi connectivity index (χ4v) is 1.19. The zero-order valence-corrected chi connectivity index (χ0v) is 8.05. The van der Waals surface area contributed by atoms with Gasteiger partial charge in [-0.2, -0.15) is 0 Å². The van der Waals surface area contributed by atoms with Crippen molar-refractivity contribution in [3.8, 4) is 5.75 Å². The summed E-state index contributed by atoms with van der Waals surface area (Å²) in [6.07, 6.45) is -0.811. The van der Waals surface area contributed by atoms with Crippen LogP contribution in [0, 0.1) is 11.6 Å². The second kappa shape index (κ2) is 4.37. The van der Waals surface area contributed by atoms with Crippen LogP contribution in [-0.4, -0.2) is 18.3 Å². The third kappa shape index (κ3) is 2.42. The normalized spacial score (nSPS) is 12.6. The van der Waals surface area contributed by atoms with E-state index in [4.69, 9.17) is 9.84 Å². The summed E-state index contributed by atoms with van der Waals surface area (Å²) in [5.41, 5.74) is -0.110. The second-order valence-corrected chi connectivity index (χ2v) is 3.12. The van der Waals surface area contributed by atoms with Crippen molar-refractivity contribution >= 4 is 0 Å². The van der Waals surface area contributed by atoms with Crippen molar-refractivity contribution in [2.75, 3.05) is 7.11 Å². The first-order valence-corrected chi connectivity index (χ1v) is 4.24. The molecule has 0 heterocycles. The third-order valence-electron chi connectivity index (χ3n) is 1.85. The Morgan fingerprint density at radius 2 is 1.86 bits per heavy atom. The molecule has 1 N–H and O–H groups in total. The van der Waals surface area contributed by atoms with Crippen molar-refractivity contribution < 1.29 is 18.6 Å². The Morgan fingerprint density at radius 3 is 2.21 bits per heavy atom. The average Bonchev–Trinajstić information content (AvgIpc) is 2.10. The summed E-state index contributed by atoms with van der Waals surface area (Å²) in [7, 11) is 1.34. The van der Waals surface area contributed by atoms with Gasteiger partial charge in [0.05, 0.1) is 13.2 Å². The molecule has 0 bridgehead atoms. The summed E-state index contributed by atoms with van der Waals surface area (Å²) in [6.45, 7) is 1.48. The molecule has 1 aromatic carbocycles. The highest BCUT2D eigenvalue weighted by Crippen LogP contribution is 2.21. The number of rotatable bonds is 3. The lowest BCUT2D eigenvalue weighted by Crippen LogP contribution is -2.08. The van der Waals surface area contributed by atoms with Crippen LogP contribution >= 0.6 is 0 Å². The number of methoxy groups -OCH3 is 1. The highest BCUT2D eigenvalue weighted by molar-refractivity contribution is 5.30. The molecule has 0 radical (unpaired) electrons. The first-order chi connectivity index (χ1) is 6.54. The number of ether oxygens (including phenoxy) is 1. The largest absolute Gasteiger partial charge is 0.497 e. The molecule has 0 aliphatic heterocycles. The van der Waals surface area contributed by atoms with Crippen molar-refractivity contribution in [2.45, 2.75) is 19.4 Å². The third-order valence-corrected chi connectivity index (χ3v) is 1.85. The molecular formula is C10H12F2O2. The van der Waals surface area contributed by atoms with E-state index in [1.165, 1.54) is 14.0 Å². The average molecular weight is 202 g/mol. The van der Waals surface area contributed by atoms with Crippen molar-refractivity contribution in [3.63, 3.8) is 0 Å². The van der Waals surface area contributed by atoms with Gasteiger partial charge < -0.3 is 9.84 Å². The minimum Gasteiger partial charge on any atom is -0.497 e. The van der Waals surface area contributed by atoms with Gasteiger partial charge in [-0.3, -0.25) is 0 Å². The van der Waals surface area contributed by atoms with E-state index in [-0.39, 0.29) is 17.7 Å². The monoisotopic (exact) mass is 202 g/mol. The van der Waals surface area contributed by atoms with E-state index < -0.39 is 17.7 Å². The summed E-state index contributed by atoms with van der Waals surface area (Å²) in [5, 5.41) is 9.02. The summed E-state index contributed by atoms with van der Waals surface area (Å²) in [4.78, 5) is 0. The van der Waals surface area contributed by atoms with Crippen molar-refractivity contribution in [2.24, 2.45) is 0 Å². The molecule has 0 unspecified atom stereocenters. The Balaban J connectivity index is 3.05. The van der Waals surface area contributed by atoms with Gasteiger partial charge in [-0.05, 0) is 6.92 Å². The van der Waals surface area contributed by atoms with Crippen LogP contribution in [0.25, 0.3) is 0 Å². The van der Waals surface area contributed by atoms with Gasteiger partial charge in [-0.25, -0.2) is 8.78 Å². The zero-order chi connectivity index (χ0) is 10.7. The number of hydrogen-bond acceptors (Lipinski definition) is 2. The van der Waals surface area contributed by atoms with Gasteiger partial charge in [0.1, 0.15) is 17.4 Å². The van der Waals surface area contributed by atoms with Crippen LogP contribution in [0.5, 0.6) is 5.75 Å². The van der Waals surface area contributed by atoms with E-state index in [9.17, 15) is 8.78 Å². The van der Waals surface area contributed by atoms with Crippen LogP contribution in [0.1, 0.15) is 12.5 Å². The Labute approximate surface area is 81.1 Å². The van der Waals surface area contributed by atoms with Crippen molar-refractivity contribution in [1.29, 1.82) is 0 Å². The maximum Gasteiger partial charge on any atom is 0.133 e. The van der Waals surface area contributed by atoms with Gasteiger partial charge in [0.2, 0.25) is 0 Å². The molecule has 1 rings (SSSR count). The summed E-state index contributed by atoms with van der Waals surface area (Å²) >= 11 is 0. The van der Waals surface area contributed by atoms with Gasteiger partial charge in [0.15, 0.2) is 0 Å². The highest BCUT2D eigenvalue weighted by Gasteiger charge is 2.13. The fraction of sp³-hybridized carbons (Fsp3) is 0.400. The predicted octanol–water partition coefficient (Wildman–Crippen LogP) is 1.90. The minimum absolute atomic E-state index is 0.0400. The fourth-order valence-electron chi connectivity index (χ4n) is 1.19. The molecule has 14 heavy (non-hydrogen) atoms. The predicted molar refractivity (Wildman–Crippen MR) is 48.3 cm³/mol. The van der Waals surface area contributed by atoms with Gasteiger partial charge in [-0.1, -0.05) is 0 Å². The number of hydrogen-bond donors (Lipinski definition) is 1. The van der Waals surface area contributed by atoms with E-state index in [0.29, 0.717) is 0 Å². The summed E-state index contributed by atoms with van der Waals surface area (Å²) in [6, 6.07) is 2.20. The zero-order valence-electron chi connectivity index (χ0n) is 8.05. The Kier molecular flexibility index (Phi) is 3.41. The van der Waals surface area contributed by atoms with Crippen LogP contribution in [0.15, 0.2) is 12.1 Å². The summed E-state index contributed by atoms with van der Waals surface area (Å²) in [5.74, 6) is -1.25. The molecular weight excluding hydrogens is 190 g/mol. The molecule has 1 atom stereocenters. The van der Waals surface area contributed by atoms with Crippen LogP contribution in [0.3, 0.4) is 0 Å². The molecule has 78 valence electrons. The van der Waals surface area contributed by atoms with E-state index in [1.807, 2.05) is 0 Å². The second-order valence-electron chi connectivity index (χ2n) is 3.12. The first kappa shape index (κ1) is 10.9. The van der Waals surface area contributed by atoms with Crippen LogP contribution in [0.2, 0.25) is 0 Å². The maximum atomic E-state index is 13.2. The topological polar surface area (TPSA) is 29.5 Å². The van der Waals surface area contributed by atoms with E-state index in [2.05, 4.69) is 0 Å². The van der Waals surface area contributed by atoms with Crippen LogP contribution in [-0.2, 0) is 6.42 Å². The molecule has 0 amide bonds. The number of benzene rings is 1. The lowest BCUT2D eigenvalue weighted by Gasteiger charge is -2.08. The van der Waals surface area contributed by atoms with E-state index in [1.54, 1.807) is 0 Å². The molecule has 0 spiro atoms. The van der Waals surface area contributed by atoms with Crippen LogP contribution < -0.4 is 4.74 Å². The molecule has 0 saturated carbocycles. The molecule has 1 aromatic rings. The van der Waals surface area contributed by atoms with Gasteiger partial charge in [0.25, 0.3) is 0 Å². The Morgan fingerprint density at radius 1 is 1.36 bits per heavy atom. The summed E-state index contributed by atoms with van der Waals surface area (Å²) < 4.78 is 31.1. The van der Waals surface area contributed by atoms with Crippen molar-refractivity contribution in [1.82, 2.24) is 0 Å². The van der Waals surface area contributed by atoms with E-state index >= 15 is 0 Å². The molecule has 2 nitrogen and oxygen atoms in total. The molecule has 0 aromatic heterocycles. The standard InChI is InChI=1S/C10H12F2O2/c1-6(13)3-8-9(11)4-7(14-2)5-10(8)12/h4-6,13H,3H2,1-2H3/t6-/m0/s1. The Bertz CT molecular complexity index is 301. The number of halogens is 2. The molecule has 0 aliphatic rings. The smallest absolute Gasteiger partial charge is 0.133 e. The molecule has 0 fully saturated rings. The van der Waals surface area contributed by atoms with Crippen LogP contribution in [0.4, 0.5) is 8.78 Å². The quantitative estimate of drug-likeness (QED) is 0.811. The number of aliphatic hydroxyl groups excluding tert-OH is 1. The van der Waals surface area contributed by atoms with E-state index in [0.717, 1.165) is 12.1 Å². The molecule has 0 saturated heterocycles. The lowest BCUT2D eigenvalue weighted by atomic mass is 10.1. The Hall–Kier alpha value is -1.16. The first-order valence-electron chi connectivity index (χ1n) is 4.24. The lowest BCUT2D eigenvalue weighted by molar-refractivity contribution is 0.192. The highest BCUT2D eigenvalue weighted by atomic mass is 19.1.